The third kappa shape index (κ3) is 2.81. The molecule has 1 amide bonds. The first-order chi connectivity index (χ1) is 9.72. The molecule has 1 aliphatic carbocycles. The summed E-state index contributed by atoms with van der Waals surface area (Å²) < 4.78 is 11.2. The maximum atomic E-state index is 12.0. The van der Waals surface area contributed by atoms with Crippen molar-refractivity contribution in [2.45, 2.75) is 32.1 Å². The lowest BCUT2D eigenvalue weighted by atomic mass is 9.83. The number of anilines is 2. The molecular weight excluding hydrogens is 256 g/mol. The SMILES string of the molecule is Nc1cc2c(cc1NC(=O)CC1CCC1)OCCCO2. The van der Waals surface area contributed by atoms with Crippen molar-refractivity contribution >= 4 is 17.3 Å². The van der Waals surface area contributed by atoms with Gasteiger partial charge in [0, 0.05) is 25.0 Å². The molecular formula is C15H20N2O3. The predicted molar refractivity (Wildman–Crippen MR) is 77.0 cm³/mol. The van der Waals surface area contributed by atoms with E-state index in [1.54, 1.807) is 12.1 Å². The zero-order chi connectivity index (χ0) is 13.9. The summed E-state index contributed by atoms with van der Waals surface area (Å²) in [7, 11) is 0. The molecule has 0 spiro atoms. The molecule has 20 heavy (non-hydrogen) atoms. The van der Waals surface area contributed by atoms with Gasteiger partial charge in [0.15, 0.2) is 11.5 Å². The van der Waals surface area contributed by atoms with E-state index in [1.165, 1.54) is 6.42 Å². The second kappa shape index (κ2) is 5.61. The minimum absolute atomic E-state index is 0.0240. The van der Waals surface area contributed by atoms with Gasteiger partial charge in [0.05, 0.1) is 24.6 Å². The Hall–Kier alpha value is -1.91. The first kappa shape index (κ1) is 13.1. The molecule has 1 heterocycles. The van der Waals surface area contributed by atoms with E-state index in [-0.39, 0.29) is 5.91 Å². The number of carbonyl (C=O) groups excluding carboxylic acids is 1. The molecule has 0 saturated heterocycles. The summed E-state index contributed by atoms with van der Waals surface area (Å²) in [5.74, 6) is 1.86. The molecule has 1 aromatic carbocycles. The van der Waals surface area contributed by atoms with Crippen molar-refractivity contribution in [3.8, 4) is 11.5 Å². The fourth-order valence-corrected chi connectivity index (χ4v) is 2.49. The molecule has 0 unspecified atom stereocenters. The van der Waals surface area contributed by atoms with Crippen molar-refractivity contribution in [2.75, 3.05) is 24.3 Å². The third-order valence-corrected chi connectivity index (χ3v) is 3.89. The Morgan fingerprint density at radius 2 is 1.90 bits per heavy atom. The van der Waals surface area contributed by atoms with E-state index >= 15 is 0 Å². The monoisotopic (exact) mass is 276 g/mol. The fourth-order valence-electron chi connectivity index (χ4n) is 2.49. The van der Waals surface area contributed by atoms with Gasteiger partial charge in [-0.3, -0.25) is 4.79 Å². The van der Waals surface area contributed by atoms with Crippen molar-refractivity contribution in [2.24, 2.45) is 5.92 Å². The zero-order valence-electron chi connectivity index (χ0n) is 11.5. The quantitative estimate of drug-likeness (QED) is 0.832. The van der Waals surface area contributed by atoms with Gasteiger partial charge in [-0.15, -0.1) is 0 Å². The van der Waals surface area contributed by atoms with E-state index in [1.807, 2.05) is 0 Å². The van der Waals surface area contributed by atoms with Crippen molar-refractivity contribution in [3.63, 3.8) is 0 Å². The lowest BCUT2D eigenvalue weighted by molar-refractivity contribution is -0.117. The van der Waals surface area contributed by atoms with Gasteiger partial charge in [-0.2, -0.15) is 0 Å². The fraction of sp³-hybridized carbons (Fsp3) is 0.533. The number of nitrogens with two attached hydrogens (primary N) is 1. The van der Waals surface area contributed by atoms with Crippen LogP contribution in [0.2, 0.25) is 0 Å². The molecule has 1 saturated carbocycles. The standard InChI is InChI=1S/C15H20N2O3/c16-11-8-13-14(20-6-2-5-19-13)9-12(11)17-15(18)7-10-3-1-4-10/h8-10H,1-7,16H2,(H,17,18). The van der Waals surface area contributed by atoms with Gasteiger partial charge in [0.25, 0.3) is 0 Å². The summed E-state index contributed by atoms with van der Waals surface area (Å²) in [6, 6.07) is 3.48. The third-order valence-electron chi connectivity index (χ3n) is 3.89. The lowest BCUT2D eigenvalue weighted by Gasteiger charge is -2.24. The molecule has 0 aromatic heterocycles. The van der Waals surface area contributed by atoms with Crippen LogP contribution < -0.4 is 20.5 Å². The Bertz CT molecular complexity index is 512. The Labute approximate surface area is 118 Å². The molecule has 1 aromatic rings. The summed E-state index contributed by atoms with van der Waals surface area (Å²) in [6.07, 6.45) is 4.98. The molecule has 2 aliphatic rings. The van der Waals surface area contributed by atoms with Crippen molar-refractivity contribution in [1.82, 2.24) is 0 Å². The maximum absolute atomic E-state index is 12.0. The molecule has 0 radical (unpaired) electrons. The van der Waals surface area contributed by atoms with Crippen molar-refractivity contribution < 1.29 is 14.3 Å². The average molecular weight is 276 g/mol. The Morgan fingerprint density at radius 3 is 2.55 bits per heavy atom. The van der Waals surface area contributed by atoms with Gasteiger partial charge in [-0.25, -0.2) is 0 Å². The van der Waals surface area contributed by atoms with Crippen LogP contribution in [0.5, 0.6) is 11.5 Å². The number of carbonyl (C=O) groups is 1. The highest BCUT2D eigenvalue weighted by atomic mass is 16.5. The average Bonchev–Trinajstić information content (AvgIpc) is 2.59. The highest BCUT2D eigenvalue weighted by Crippen LogP contribution is 2.37. The number of nitrogens with one attached hydrogen (secondary N) is 1. The minimum atomic E-state index is 0.0240. The molecule has 3 N–H and O–H groups in total. The number of benzene rings is 1. The minimum Gasteiger partial charge on any atom is -0.489 e. The maximum Gasteiger partial charge on any atom is 0.224 e. The predicted octanol–water partition coefficient (Wildman–Crippen LogP) is 2.56. The van der Waals surface area contributed by atoms with Crippen LogP contribution in [0, 0.1) is 5.92 Å². The Balaban J connectivity index is 1.72. The number of hydrogen-bond donors (Lipinski definition) is 2. The summed E-state index contributed by atoms with van der Waals surface area (Å²) in [4.78, 5) is 12.0. The van der Waals surface area contributed by atoms with Crippen LogP contribution in [-0.2, 0) is 4.79 Å². The van der Waals surface area contributed by atoms with Crippen LogP contribution in [0.15, 0.2) is 12.1 Å². The molecule has 5 nitrogen and oxygen atoms in total. The smallest absolute Gasteiger partial charge is 0.224 e. The zero-order valence-corrected chi connectivity index (χ0v) is 11.5. The highest BCUT2D eigenvalue weighted by Gasteiger charge is 2.21. The van der Waals surface area contributed by atoms with Gasteiger partial charge >= 0.3 is 0 Å². The molecule has 1 fully saturated rings. The van der Waals surface area contributed by atoms with E-state index < -0.39 is 0 Å². The molecule has 0 atom stereocenters. The second-order valence-electron chi connectivity index (χ2n) is 5.49. The largest absolute Gasteiger partial charge is 0.489 e. The van der Waals surface area contributed by atoms with Crippen LogP contribution in [0.25, 0.3) is 0 Å². The van der Waals surface area contributed by atoms with E-state index in [0.29, 0.717) is 48.4 Å². The first-order valence-corrected chi connectivity index (χ1v) is 7.21. The van der Waals surface area contributed by atoms with Gasteiger partial charge in [-0.1, -0.05) is 6.42 Å². The molecule has 0 bridgehead atoms. The van der Waals surface area contributed by atoms with Gasteiger partial charge in [0.2, 0.25) is 5.91 Å². The normalized spacial score (nSPS) is 18.0. The first-order valence-electron chi connectivity index (χ1n) is 7.21. The number of amides is 1. The molecule has 5 heteroatoms. The van der Waals surface area contributed by atoms with Gasteiger partial charge in [-0.05, 0) is 18.8 Å². The Morgan fingerprint density at radius 1 is 1.20 bits per heavy atom. The lowest BCUT2D eigenvalue weighted by Crippen LogP contribution is -2.21. The molecule has 3 rings (SSSR count). The number of nitrogen functional groups attached to an aromatic ring is 1. The van der Waals surface area contributed by atoms with E-state index in [9.17, 15) is 4.79 Å². The second-order valence-corrected chi connectivity index (χ2v) is 5.49. The number of ether oxygens (including phenoxy) is 2. The number of fused-ring (bicyclic) bond motifs is 1. The molecule has 1 aliphatic heterocycles. The summed E-state index contributed by atoms with van der Waals surface area (Å²) in [5, 5.41) is 2.88. The summed E-state index contributed by atoms with van der Waals surface area (Å²) in [6.45, 7) is 1.24. The number of rotatable bonds is 3. The summed E-state index contributed by atoms with van der Waals surface area (Å²) in [5.41, 5.74) is 7.09. The molecule has 108 valence electrons. The van der Waals surface area contributed by atoms with E-state index in [2.05, 4.69) is 5.32 Å². The summed E-state index contributed by atoms with van der Waals surface area (Å²) >= 11 is 0. The van der Waals surface area contributed by atoms with Crippen LogP contribution in [0.4, 0.5) is 11.4 Å². The van der Waals surface area contributed by atoms with Gasteiger partial charge in [0.1, 0.15) is 0 Å². The van der Waals surface area contributed by atoms with Crippen LogP contribution in [0.1, 0.15) is 32.1 Å². The van der Waals surface area contributed by atoms with Crippen LogP contribution in [-0.4, -0.2) is 19.1 Å². The van der Waals surface area contributed by atoms with E-state index in [4.69, 9.17) is 15.2 Å². The van der Waals surface area contributed by atoms with Gasteiger partial charge < -0.3 is 20.5 Å². The van der Waals surface area contributed by atoms with Crippen LogP contribution >= 0.6 is 0 Å². The van der Waals surface area contributed by atoms with Crippen LogP contribution in [0.3, 0.4) is 0 Å². The van der Waals surface area contributed by atoms with Crippen molar-refractivity contribution in [1.29, 1.82) is 0 Å². The Kier molecular flexibility index (Phi) is 3.67. The topological polar surface area (TPSA) is 73.6 Å². The number of hydrogen-bond acceptors (Lipinski definition) is 4. The van der Waals surface area contributed by atoms with E-state index in [0.717, 1.165) is 19.3 Å². The van der Waals surface area contributed by atoms with Crippen molar-refractivity contribution in [3.05, 3.63) is 12.1 Å². The highest BCUT2D eigenvalue weighted by molar-refractivity contribution is 5.94.